The standard InChI is InChI=1S/C85H146O17P2/c1-5-9-13-17-21-25-29-33-36-38-39-41-43-47-50-54-58-62-66-70-83(88)96-76-81(102-85(90)72-68-64-60-56-52-48-44-40-37-34-30-26-22-18-14-10-6-2)78-100-104(93,94)98-74-79(86)73-97-103(91,92)99-77-80(101-84(89)71-67-63-59-55-51-45-32-28-24-20-16-12-8-4)75-95-82(87)69-65-61-57-53-49-46-42-35-31-27-23-19-15-11-7-3/h9-10,13-14,21-23,25-27,33-37,39,41-42,44,48,79-81,86H,5-8,11-12,15-20,24,28-32,38,40,43,45-47,49-78H2,1-4H3,(H,91,92)(H,93,94)/b13-9-,14-10-,25-21-,26-22-,27-23-,36-33-,37-34-,41-39-,42-35-,48-44-. The van der Waals surface area contributed by atoms with Crippen molar-refractivity contribution in [3.8, 4) is 0 Å². The lowest BCUT2D eigenvalue weighted by molar-refractivity contribution is -0.161. The van der Waals surface area contributed by atoms with Gasteiger partial charge in [0.25, 0.3) is 0 Å². The zero-order chi connectivity index (χ0) is 76.0. The molecule has 17 nitrogen and oxygen atoms in total. The van der Waals surface area contributed by atoms with Crippen LogP contribution in [0, 0.1) is 0 Å². The van der Waals surface area contributed by atoms with Gasteiger partial charge in [0.05, 0.1) is 26.4 Å². The molecule has 598 valence electrons. The second kappa shape index (κ2) is 76.6. The van der Waals surface area contributed by atoms with Crippen LogP contribution in [-0.2, 0) is 65.4 Å². The molecule has 19 heteroatoms. The number of rotatable bonds is 76. The summed E-state index contributed by atoms with van der Waals surface area (Å²) in [6.07, 6.45) is 84.5. The molecule has 0 bridgehead atoms. The van der Waals surface area contributed by atoms with E-state index in [0.717, 1.165) is 186 Å². The lowest BCUT2D eigenvalue weighted by atomic mass is 10.0. The molecule has 0 aromatic heterocycles. The van der Waals surface area contributed by atoms with Crippen molar-refractivity contribution in [2.45, 2.75) is 354 Å². The molecule has 0 radical (unpaired) electrons. The normalized spacial score (nSPS) is 14.5. The lowest BCUT2D eigenvalue weighted by Gasteiger charge is -2.21. The summed E-state index contributed by atoms with van der Waals surface area (Å²) in [4.78, 5) is 73.1. The minimum Gasteiger partial charge on any atom is -0.462 e. The molecule has 5 unspecified atom stereocenters. The van der Waals surface area contributed by atoms with Gasteiger partial charge in [-0.25, -0.2) is 9.13 Å². The van der Waals surface area contributed by atoms with E-state index in [-0.39, 0.29) is 25.7 Å². The molecule has 0 fully saturated rings. The van der Waals surface area contributed by atoms with Crippen LogP contribution in [0.15, 0.2) is 122 Å². The number of hydrogen-bond acceptors (Lipinski definition) is 15. The first-order valence-electron chi connectivity index (χ1n) is 40.8. The summed E-state index contributed by atoms with van der Waals surface area (Å²) >= 11 is 0. The van der Waals surface area contributed by atoms with Crippen LogP contribution < -0.4 is 0 Å². The average Bonchev–Trinajstić information content (AvgIpc) is 0.911. The Kier molecular flexibility index (Phi) is 73.3. The Morgan fingerprint density at radius 1 is 0.279 bits per heavy atom. The van der Waals surface area contributed by atoms with Crippen molar-refractivity contribution in [2.24, 2.45) is 0 Å². The quantitative estimate of drug-likeness (QED) is 0.0169. The van der Waals surface area contributed by atoms with Crippen molar-refractivity contribution in [1.82, 2.24) is 0 Å². The fourth-order valence-corrected chi connectivity index (χ4v) is 12.3. The number of unbranched alkanes of at least 4 members (excludes halogenated alkanes) is 30. The first-order valence-corrected chi connectivity index (χ1v) is 43.8. The summed E-state index contributed by atoms with van der Waals surface area (Å²) in [5, 5.41) is 10.6. The van der Waals surface area contributed by atoms with Gasteiger partial charge in [-0.15, -0.1) is 0 Å². The molecule has 0 aromatic rings. The zero-order valence-corrected chi connectivity index (χ0v) is 67.2. The van der Waals surface area contributed by atoms with Crippen LogP contribution in [0.1, 0.15) is 336 Å². The van der Waals surface area contributed by atoms with Gasteiger partial charge in [-0.1, -0.05) is 297 Å². The minimum absolute atomic E-state index is 0.0613. The van der Waals surface area contributed by atoms with Crippen molar-refractivity contribution in [3.05, 3.63) is 122 Å². The molecule has 0 spiro atoms. The fourth-order valence-electron chi connectivity index (χ4n) is 10.8. The fraction of sp³-hybridized carbons (Fsp3) is 0.718. The number of phosphoric acid groups is 2. The Hall–Kier alpha value is -4.54. The topological polar surface area (TPSA) is 237 Å². The maximum Gasteiger partial charge on any atom is 0.472 e. The van der Waals surface area contributed by atoms with Gasteiger partial charge in [0.2, 0.25) is 0 Å². The van der Waals surface area contributed by atoms with Gasteiger partial charge in [-0.05, 0) is 135 Å². The number of aliphatic hydroxyl groups excluding tert-OH is 1. The van der Waals surface area contributed by atoms with Crippen LogP contribution in [0.2, 0.25) is 0 Å². The van der Waals surface area contributed by atoms with Crippen molar-refractivity contribution in [3.63, 3.8) is 0 Å². The van der Waals surface area contributed by atoms with E-state index >= 15 is 0 Å². The Labute approximate surface area is 632 Å². The largest absolute Gasteiger partial charge is 0.472 e. The third kappa shape index (κ3) is 75.7. The van der Waals surface area contributed by atoms with Crippen LogP contribution in [0.3, 0.4) is 0 Å². The highest BCUT2D eigenvalue weighted by atomic mass is 31.2. The van der Waals surface area contributed by atoms with Crippen LogP contribution >= 0.6 is 15.6 Å². The van der Waals surface area contributed by atoms with Gasteiger partial charge in [-0.3, -0.25) is 37.3 Å². The highest BCUT2D eigenvalue weighted by Crippen LogP contribution is 2.45. The highest BCUT2D eigenvalue weighted by Gasteiger charge is 2.30. The van der Waals surface area contributed by atoms with Gasteiger partial charge >= 0.3 is 39.5 Å². The molecule has 0 rings (SSSR count). The summed E-state index contributed by atoms with van der Waals surface area (Å²) in [6.45, 7) is 4.60. The molecular formula is C85H146O17P2. The predicted molar refractivity (Wildman–Crippen MR) is 427 cm³/mol. The third-order valence-electron chi connectivity index (χ3n) is 16.9. The van der Waals surface area contributed by atoms with Crippen LogP contribution in [0.5, 0.6) is 0 Å². The minimum atomic E-state index is -4.99. The molecule has 5 atom stereocenters. The Morgan fingerprint density at radius 3 is 0.788 bits per heavy atom. The number of aliphatic hydroxyl groups is 1. The molecule has 0 aliphatic carbocycles. The number of ether oxygens (including phenoxy) is 4. The van der Waals surface area contributed by atoms with E-state index < -0.39 is 97.5 Å². The first kappa shape index (κ1) is 99.5. The number of carbonyl (C=O) groups is 4. The monoisotopic (exact) mass is 1500 g/mol. The van der Waals surface area contributed by atoms with Crippen molar-refractivity contribution in [2.75, 3.05) is 39.6 Å². The molecule has 0 saturated heterocycles. The average molecular weight is 1500 g/mol. The maximum absolute atomic E-state index is 13.1. The zero-order valence-electron chi connectivity index (χ0n) is 65.4. The van der Waals surface area contributed by atoms with Crippen molar-refractivity contribution >= 4 is 39.5 Å². The van der Waals surface area contributed by atoms with E-state index in [1.54, 1.807) is 0 Å². The molecule has 104 heavy (non-hydrogen) atoms. The second-order valence-electron chi connectivity index (χ2n) is 27.0. The smallest absolute Gasteiger partial charge is 0.462 e. The summed E-state index contributed by atoms with van der Waals surface area (Å²) in [5.41, 5.74) is 0. The van der Waals surface area contributed by atoms with E-state index in [0.29, 0.717) is 25.7 Å². The van der Waals surface area contributed by atoms with Crippen LogP contribution in [-0.4, -0.2) is 96.7 Å². The van der Waals surface area contributed by atoms with Gasteiger partial charge in [0.1, 0.15) is 19.3 Å². The highest BCUT2D eigenvalue weighted by molar-refractivity contribution is 7.47. The van der Waals surface area contributed by atoms with Crippen LogP contribution in [0.25, 0.3) is 0 Å². The summed E-state index contributed by atoms with van der Waals surface area (Å²) in [7, 11) is -9.97. The summed E-state index contributed by atoms with van der Waals surface area (Å²) in [5.74, 6) is -2.22. The second-order valence-corrected chi connectivity index (χ2v) is 29.9. The van der Waals surface area contributed by atoms with Crippen LogP contribution in [0.4, 0.5) is 0 Å². The lowest BCUT2D eigenvalue weighted by Crippen LogP contribution is -2.30. The molecule has 0 saturated carbocycles. The van der Waals surface area contributed by atoms with Gasteiger partial charge in [-0.2, -0.15) is 0 Å². The third-order valence-corrected chi connectivity index (χ3v) is 18.8. The number of hydrogen-bond donors (Lipinski definition) is 3. The molecule has 3 N–H and O–H groups in total. The van der Waals surface area contributed by atoms with E-state index in [2.05, 4.69) is 149 Å². The SMILES string of the molecule is CC/C=C\C/C=C\C/C=C\C/C=C\CCCCCCCCC(=O)OCC(COP(=O)(O)OCC(O)COP(=O)(O)OCC(COC(=O)CCCCCCC/C=C\C/C=C\CCCCC)OC(=O)CCCCCCCCCCCCCCC)OC(=O)CCCCCC/C=C\C/C=C\C/C=C\C/C=C\CC. The molecule has 0 aromatic carbocycles. The maximum atomic E-state index is 13.1. The Bertz CT molecular complexity index is 2440. The Morgan fingerprint density at radius 2 is 0.500 bits per heavy atom. The van der Waals surface area contributed by atoms with Crippen molar-refractivity contribution < 1.29 is 80.2 Å². The van der Waals surface area contributed by atoms with Gasteiger partial charge in [0, 0.05) is 25.7 Å². The Balaban J connectivity index is 5.39. The van der Waals surface area contributed by atoms with Gasteiger partial charge in [0.15, 0.2) is 12.2 Å². The summed E-state index contributed by atoms with van der Waals surface area (Å²) < 4.78 is 68.6. The molecule has 0 aliphatic heterocycles. The molecule has 0 heterocycles. The predicted octanol–water partition coefficient (Wildman–Crippen LogP) is 23.9. The molecular weight excluding hydrogens is 1350 g/mol. The van der Waals surface area contributed by atoms with E-state index in [9.17, 15) is 43.2 Å². The van der Waals surface area contributed by atoms with Gasteiger partial charge < -0.3 is 33.8 Å². The van der Waals surface area contributed by atoms with Crippen molar-refractivity contribution in [1.29, 1.82) is 0 Å². The molecule has 0 amide bonds. The number of carbonyl (C=O) groups excluding carboxylic acids is 4. The first-order chi connectivity index (χ1) is 50.7. The number of allylic oxidation sites excluding steroid dienone is 20. The number of phosphoric ester groups is 2. The molecule has 0 aliphatic rings. The summed E-state index contributed by atoms with van der Waals surface area (Å²) in [6, 6.07) is 0. The van der Waals surface area contributed by atoms with E-state index in [1.807, 2.05) is 0 Å². The number of esters is 4. The van der Waals surface area contributed by atoms with E-state index in [1.165, 1.54) is 70.6 Å². The van der Waals surface area contributed by atoms with E-state index in [4.69, 9.17) is 37.0 Å².